The minimum atomic E-state index is -1.37. The Morgan fingerprint density at radius 1 is 1.44 bits per heavy atom. The Hall–Kier alpha value is -2.07. The normalized spacial score (nSPS) is 28.9. The van der Waals surface area contributed by atoms with Crippen LogP contribution in [0.2, 0.25) is 10.0 Å². The fraction of sp³-hybridized carbons (Fsp3) is 0.571. The van der Waals surface area contributed by atoms with Gasteiger partial charge in [0.15, 0.2) is 6.10 Å². The first-order chi connectivity index (χ1) is 15.1. The molecule has 3 rings (SSSR count). The third kappa shape index (κ3) is 5.11. The van der Waals surface area contributed by atoms with Gasteiger partial charge in [0.2, 0.25) is 0 Å². The lowest BCUT2D eigenvalue weighted by Gasteiger charge is -2.43. The van der Waals surface area contributed by atoms with Crippen LogP contribution in [0.3, 0.4) is 0 Å². The van der Waals surface area contributed by atoms with Crippen LogP contribution < -0.4 is 15.4 Å². The van der Waals surface area contributed by atoms with Crippen molar-refractivity contribution in [3.05, 3.63) is 28.2 Å². The standard InChI is InChI=1S/C21H27Cl2N3O6/c1-4-7-21(25-18(28)12(3)31-16-6-5-13(22)8-14(16)23)10-26(20(30)24-19(21)29)17-9-15(27)11(2)32-17/h5-6,8,11-12,15,17,27H,4,7,9-10H2,1-3H3,(H,25,28)(H,24,29,30)/t11-,12?,15+,17-,21?/m1/s1. The lowest BCUT2D eigenvalue weighted by molar-refractivity contribution is -0.141. The van der Waals surface area contributed by atoms with Crippen LogP contribution in [0, 0.1) is 0 Å². The third-order valence-electron chi connectivity index (χ3n) is 5.67. The zero-order valence-corrected chi connectivity index (χ0v) is 19.6. The van der Waals surface area contributed by atoms with E-state index in [9.17, 15) is 19.5 Å². The molecule has 11 heteroatoms. The first-order valence-corrected chi connectivity index (χ1v) is 11.2. The number of imide groups is 1. The summed E-state index contributed by atoms with van der Waals surface area (Å²) in [6, 6.07) is 4.01. The molecule has 32 heavy (non-hydrogen) atoms. The van der Waals surface area contributed by atoms with Crippen molar-refractivity contribution in [1.82, 2.24) is 15.5 Å². The molecule has 2 heterocycles. The maximum atomic E-state index is 13.0. The van der Waals surface area contributed by atoms with Gasteiger partial charge in [-0.3, -0.25) is 19.8 Å². The van der Waals surface area contributed by atoms with Gasteiger partial charge in [-0.2, -0.15) is 0 Å². The smallest absolute Gasteiger partial charge is 0.326 e. The molecule has 9 nitrogen and oxygen atoms in total. The molecule has 5 atom stereocenters. The second-order valence-corrected chi connectivity index (χ2v) is 8.99. The van der Waals surface area contributed by atoms with Gasteiger partial charge in [-0.25, -0.2) is 4.79 Å². The van der Waals surface area contributed by atoms with E-state index < -0.39 is 47.9 Å². The molecule has 2 unspecified atom stereocenters. The van der Waals surface area contributed by atoms with Crippen LogP contribution in [-0.4, -0.2) is 64.5 Å². The molecular formula is C21H27Cl2N3O6. The summed E-state index contributed by atoms with van der Waals surface area (Å²) in [5, 5.41) is 15.8. The van der Waals surface area contributed by atoms with E-state index in [1.165, 1.54) is 17.9 Å². The number of amides is 4. The highest BCUT2D eigenvalue weighted by Crippen LogP contribution is 2.30. The molecular weight excluding hydrogens is 461 g/mol. The number of aliphatic hydroxyl groups is 1. The Bertz CT molecular complexity index is 890. The van der Waals surface area contributed by atoms with E-state index in [1.807, 2.05) is 6.92 Å². The molecule has 2 fully saturated rings. The Balaban J connectivity index is 1.77. The number of aliphatic hydroxyl groups excluding tert-OH is 1. The largest absolute Gasteiger partial charge is 0.479 e. The molecule has 0 bridgehead atoms. The monoisotopic (exact) mass is 487 g/mol. The summed E-state index contributed by atoms with van der Waals surface area (Å²) in [5.74, 6) is -0.873. The van der Waals surface area contributed by atoms with Crippen LogP contribution in [0.1, 0.15) is 40.0 Å². The molecule has 2 saturated heterocycles. The molecule has 1 aromatic carbocycles. The number of halogens is 2. The van der Waals surface area contributed by atoms with Gasteiger partial charge in [0, 0.05) is 11.4 Å². The van der Waals surface area contributed by atoms with E-state index in [0.29, 0.717) is 11.4 Å². The van der Waals surface area contributed by atoms with Crippen molar-refractivity contribution in [1.29, 1.82) is 0 Å². The van der Waals surface area contributed by atoms with Crippen molar-refractivity contribution in [2.24, 2.45) is 0 Å². The minimum absolute atomic E-state index is 0.0875. The maximum absolute atomic E-state index is 13.0. The van der Waals surface area contributed by atoms with Crippen LogP contribution in [0.25, 0.3) is 0 Å². The van der Waals surface area contributed by atoms with Crippen molar-refractivity contribution < 1.29 is 29.0 Å². The Morgan fingerprint density at radius 3 is 2.75 bits per heavy atom. The van der Waals surface area contributed by atoms with Crippen molar-refractivity contribution in [3.63, 3.8) is 0 Å². The summed E-state index contributed by atoms with van der Waals surface area (Å²) in [4.78, 5) is 39.7. The number of carbonyl (C=O) groups is 3. The summed E-state index contributed by atoms with van der Waals surface area (Å²) in [7, 11) is 0. The highest BCUT2D eigenvalue weighted by Gasteiger charge is 2.50. The summed E-state index contributed by atoms with van der Waals surface area (Å²) in [6.45, 7) is 5.02. The van der Waals surface area contributed by atoms with E-state index in [0.717, 1.165) is 0 Å². The van der Waals surface area contributed by atoms with E-state index in [1.54, 1.807) is 19.1 Å². The van der Waals surface area contributed by atoms with Crippen molar-refractivity contribution in [2.45, 2.75) is 70.1 Å². The molecule has 1 aromatic rings. The second-order valence-electron chi connectivity index (χ2n) is 8.14. The molecule has 4 amide bonds. The lowest BCUT2D eigenvalue weighted by atomic mass is 9.89. The molecule has 0 saturated carbocycles. The van der Waals surface area contributed by atoms with Crippen LogP contribution in [0.15, 0.2) is 18.2 Å². The number of ether oxygens (including phenoxy) is 2. The summed E-state index contributed by atoms with van der Waals surface area (Å²) >= 11 is 12.0. The van der Waals surface area contributed by atoms with Crippen LogP contribution in [0.4, 0.5) is 4.79 Å². The van der Waals surface area contributed by atoms with E-state index in [-0.39, 0.29) is 30.2 Å². The van der Waals surface area contributed by atoms with E-state index in [2.05, 4.69) is 10.6 Å². The maximum Gasteiger partial charge on any atom is 0.326 e. The third-order valence-corrected chi connectivity index (χ3v) is 6.20. The van der Waals surface area contributed by atoms with E-state index in [4.69, 9.17) is 32.7 Å². The second kappa shape index (κ2) is 9.82. The number of hydrogen-bond donors (Lipinski definition) is 3. The molecule has 2 aliphatic heterocycles. The number of carbonyl (C=O) groups excluding carboxylic acids is 3. The minimum Gasteiger partial charge on any atom is -0.479 e. The topological polar surface area (TPSA) is 117 Å². The lowest BCUT2D eigenvalue weighted by Crippen LogP contribution is -2.72. The number of urea groups is 1. The van der Waals surface area contributed by atoms with Gasteiger partial charge in [-0.1, -0.05) is 36.5 Å². The zero-order valence-electron chi connectivity index (χ0n) is 18.1. The van der Waals surface area contributed by atoms with Gasteiger partial charge in [-0.05, 0) is 38.5 Å². The molecule has 0 radical (unpaired) electrons. The van der Waals surface area contributed by atoms with Gasteiger partial charge in [0.05, 0.1) is 23.8 Å². The molecule has 176 valence electrons. The van der Waals surface area contributed by atoms with Gasteiger partial charge < -0.3 is 19.9 Å². The van der Waals surface area contributed by atoms with Crippen molar-refractivity contribution in [2.75, 3.05) is 6.54 Å². The van der Waals surface area contributed by atoms with Gasteiger partial charge in [0.25, 0.3) is 11.8 Å². The van der Waals surface area contributed by atoms with E-state index >= 15 is 0 Å². The van der Waals surface area contributed by atoms with Crippen molar-refractivity contribution in [3.8, 4) is 5.75 Å². The summed E-state index contributed by atoms with van der Waals surface area (Å²) in [6.07, 6.45) is -1.79. The van der Waals surface area contributed by atoms with Gasteiger partial charge in [0.1, 0.15) is 17.5 Å². The van der Waals surface area contributed by atoms with Gasteiger partial charge >= 0.3 is 6.03 Å². The van der Waals surface area contributed by atoms with Crippen molar-refractivity contribution >= 4 is 41.0 Å². The Morgan fingerprint density at radius 2 is 2.16 bits per heavy atom. The predicted molar refractivity (Wildman–Crippen MR) is 118 cm³/mol. The summed E-state index contributed by atoms with van der Waals surface area (Å²) in [5.41, 5.74) is -1.37. The number of hydrogen-bond acceptors (Lipinski definition) is 6. The first-order valence-electron chi connectivity index (χ1n) is 10.5. The Kier molecular flexibility index (Phi) is 7.54. The van der Waals surface area contributed by atoms with Crippen LogP contribution in [-0.2, 0) is 14.3 Å². The predicted octanol–water partition coefficient (Wildman–Crippen LogP) is 2.46. The molecule has 0 spiro atoms. The SMILES string of the molecule is CCCC1(NC(=O)C(C)Oc2ccc(Cl)cc2Cl)CN([C@H]2C[C@H](O)[C@@H](C)O2)C(=O)NC1=O. The summed E-state index contributed by atoms with van der Waals surface area (Å²) < 4.78 is 11.4. The average Bonchev–Trinajstić information content (AvgIpc) is 3.05. The first kappa shape index (κ1) is 24.6. The molecule has 0 aromatic heterocycles. The quantitative estimate of drug-likeness (QED) is 0.543. The zero-order chi connectivity index (χ0) is 23.6. The van der Waals surface area contributed by atoms with Gasteiger partial charge in [-0.15, -0.1) is 0 Å². The van der Waals surface area contributed by atoms with Crippen LogP contribution in [0.5, 0.6) is 5.75 Å². The fourth-order valence-corrected chi connectivity index (χ4v) is 4.33. The number of nitrogens with zero attached hydrogens (tertiary/aromatic N) is 1. The van der Waals surface area contributed by atoms with Crippen LogP contribution >= 0.6 is 23.2 Å². The Labute approximate surface area is 196 Å². The molecule has 3 N–H and O–H groups in total. The molecule has 0 aliphatic carbocycles. The number of rotatable bonds is 7. The number of benzene rings is 1. The molecule has 2 aliphatic rings. The highest BCUT2D eigenvalue weighted by molar-refractivity contribution is 6.35. The number of nitrogens with one attached hydrogen (secondary N) is 2. The highest BCUT2D eigenvalue weighted by atomic mass is 35.5. The average molecular weight is 488 g/mol. The fourth-order valence-electron chi connectivity index (χ4n) is 3.88.